The van der Waals surface area contributed by atoms with Crippen molar-refractivity contribution in [2.24, 2.45) is 5.73 Å². The maximum absolute atomic E-state index is 15.4. The van der Waals surface area contributed by atoms with E-state index in [0.29, 0.717) is 22.5 Å². The topological polar surface area (TPSA) is 121 Å². The van der Waals surface area contributed by atoms with Gasteiger partial charge in [-0.15, -0.1) is 0 Å². The van der Waals surface area contributed by atoms with E-state index in [2.05, 4.69) is 15.0 Å². The van der Waals surface area contributed by atoms with Crippen molar-refractivity contribution in [2.75, 3.05) is 5.73 Å². The first-order chi connectivity index (χ1) is 16.1. The van der Waals surface area contributed by atoms with Crippen molar-refractivity contribution < 1.29 is 13.9 Å². The smallest absolute Gasteiger partial charge is 0.267 e. The van der Waals surface area contributed by atoms with Gasteiger partial charge in [0.05, 0.1) is 16.7 Å². The largest absolute Gasteiger partial charge is 0.490 e. The van der Waals surface area contributed by atoms with E-state index >= 15 is 4.39 Å². The van der Waals surface area contributed by atoms with E-state index in [1.165, 1.54) is 30.6 Å². The van der Waals surface area contributed by atoms with E-state index in [4.69, 9.17) is 39.4 Å². The standard InChI is InChI=1S/C23H21Cl2FN6O2/c1-10(2)34-19-13(11(3)23-31-20(25)18-21(27)29-6-7-32(18)23)8-14(24)17(26)16(19)12-4-5-15(22(28)33)30-9-12/h4-11H,1-3H3,(H2,27,29)(H2,28,33)/t11-/m0/s1. The number of rotatable bonds is 6. The molecule has 0 aliphatic rings. The molecule has 176 valence electrons. The van der Waals surface area contributed by atoms with Crippen LogP contribution < -0.4 is 16.2 Å². The second-order valence-corrected chi connectivity index (χ2v) is 8.71. The van der Waals surface area contributed by atoms with Gasteiger partial charge in [0, 0.05) is 35.6 Å². The molecule has 4 aromatic rings. The highest BCUT2D eigenvalue weighted by molar-refractivity contribution is 6.33. The van der Waals surface area contributed by atoms with Crippen LogP contribution in [0.1, 0.15) is 48.6 Å². The number of aromatic nitrogens is 4. The highest BCUT2D eigenvalue weighted by atomic mass is 35.5. The van der Waals surface area contributed by atoms with Crippen molar-refractivity contribution in [1.29, 1.82) is 0 Å². The fourth-order valence-corrected chi connectivity index (χ4v) is 4.23. The number of carbonyl (C=O) groups excluding carboxylic acids is 1. The number of halogens is 3. The summed E-state index contributed by atoms with van der Waals surface area (Å²) in [6, 6.07) is 4.46. The number of primary amides is 1. The number of nitrogen functional groups attached to an aromatic ring is 1. The molecule has 0 spiro atoms. The third-order valence-electron chi connectivity index (χ3n) is 5.28. The molecule has 1 amide bonds. The molecule has 4 N–H and O–H groups in total. The molecular formula is C23H21Cl2FN6O2. The van der Waals surface area contributed by atoms with Gasteiger partial charge in [-0.05, 0) is 26.0 Å². The summed E-state index contributed by atoms with van der Waals surface area (Å²) in [5.74, 6) is -0.767. The molecule has 0 saturated heterocycles. The lowest BCUT2D eigenvalue weighted by molar-refractivity contribution is 0.0995. The number of pyridine rings is 1. The molecule has 0 aliphatic carbocycles. The monoisotopic (exact) mass is 502 g/mol. The Morgan fingerprint density at radius 1 is 1.21 bits per heavy atom. The molecule has 3 aromatic heterocycles. The molecule has 8 nitrogen and oxygen atoms in total. The first-order valence-corrected chi connectivity index (χ1v) is 11.1. The molecule has 0 unspecified atom stereocenters. The third kappa shape index (κ3) is 4.12. The van der Waals surface area contributed by atoms with Gasteiger partial charge in [0.25, 0.3) is 5.91 Å². The van der Waals surface area contributed by atoms with Gasteiger partial charge in [0.2, 0.25) is 0 Å². The van der Waals surface area contributed by atoms with Crippen LogP contribution in [0.3, 0.4) is 0 Å². The second-order valence-electron chi connectivity index (χ2n) is 7.94. The second kappa shape index (κ2) is 9.08. The molecule has 1 atom stereocenters. The first kappa shape index (κ1) is 23.7. The van der Waals surface area contributed by atoms with Crippen LogP contribution in [-0.4, -0.2) is 31.4 Å². The fourth-order valence-electron chi connectivity index (χ4n) is 3.75. The number of hydrogen-bond donors (Lipinski definition) is 2. The molecule has 0 aliphatic heterocycles. The molecule has 0 saturated carbocycles. The number of amides is 1. The van der Waals surface area contributed by atoms with Gasteiger partial charge < -0.3 is 16.2 Å². The van der Waals surface area contributed by atoms with Crippen LogP contribution in [0.25, 0.3) is 16.6 Å². The summed E-state index contributed by atoms with van der Waals surface area (Å²) < 4.78 is 23.3. The van der Waals surface area contributed by atoms with Crippen molar-refractivity contribution in [3.63, 3.8) is 0 Å². The zero-order valence-corrected chi connectivity index (χ0v) is 20.0. The number of fused-ring (bicyclic) bond motifs is 1. The molecule has 11 heteroatoms. The Bertz CT molecular complexity index is 1410. The Morgan fingerprint density at radius 2 is 1.94 bits per heavy atom. The highest BCUT2D eigenvalue weighted by Crippen LogP contribution is 2.44. The predicted octanol–water partition coefficient (Wildman–Crippen LogP) is 4.86. The van der Waals surface area contributed by atoms with Gasteiger partial charge in [-0.1, -0.05) is 36.2 Å². The Morgan fingerprint density at radius 3 is 2.56 bits per heavy atom. The number of carbonyl (C=O) groups is 1. The summed E-state index contributed by atoms with van der Waals surface area (Å²) in [5, 5.41) is 0.0820. The molecule has 4 rings (SSSR count). The number of benzene rings is 1. The molecule has 0 radical (unpaired) electrons. The lowest BCUT2D eigenvalue weighted by Gasteiger charge is -2.23. The van der Waals surface area contributed by atoms with E-state index in [1.54, 1.807) is 10.6 Å². The Labute approximate surface area is 204 Å². The van der Waals surface area contributed by atoms with Crippen molar-refractivity contribution in [3.8, 4) is 16.9 Å². The van der Waals surface area contributed by atoms with Crippen molar-refractivity contribution >= 4 is 40.4 Å². The number of nitrogens with zero attached hydrogens (tertiary/aromatic N) is 4. The van der Waals surface area contributed by atoms with Crippen LogP contribution >= 0.6 is 23.2 Å². The molecular weight excluding hydrogens is 482 g/mol. The SMILES string of the molecule is CC(C)Oc1c([C@H](C)c2nc(Cl)c3c(N)nccn23)cc(Cl)c(F)c1-c1ccc(C(N)=O)nc1. The van der Waals surface area contributed by atoms with Crippen LogP contribution in [0.4, 0.5) is 10.2 Å². The van der Waals surface area contributed by atoms with Crippen LogP contribution in [0.5, 0.6) is 5.75 Å². The average Bonchev–Trinajstić information content (AvgIpc) is 3.13. The minimum atomic E-state index is -0.692. The Balaban J connectivity index is 1.96. The van der Waals surface area contributed by atoms with E-state index in [0.717, 1.165) is 0 Å². The van der Waals surface area contributed by atoms with Gasteiger partial charge in [-0.2, -0.15) is 0 Å². The Hall–Kier alpha value is -3.43. The van der Waals surface area contributed by atoms with E-state index in [-0.39, 0.29) is 39.1 Å². The van der Waals surface area contributed by atoms with Crippen LogP contribution in [0.2, 0.25) is 10.2 Å². The number of hydrogen-bond acceptors (Lipinski definition) is 6. The minimum Gasteiger partial charge on any atom is -0.490 e. The van der Waals surface area contributed by atoms with Gasteiger partial charge in [-0.3, -0.25) is 14.2 Å². The molecule has 0 fully saturated rings. The average molecular weight is 503 g/mol. The van der Waals surface area contributed by atoms with Gasteiger partial charge in [0.15, 0.2) is 16.8 Å². The van der Waals surface area contributed by atoms with Gasteiger partial charge in [0.1, 0.15) is 22.8 Å². The van der Waals surface area contributed by atoms with Crippen molar-refractivity contribution in [2.45, 2.75) is 32.8 Å². The van der Waals surface area contributed by atoms with E-state index in [1.807, 2.05) is 20.8 Å². The number of ether oxygens (including phenoxy) is 1. The van der Waals surface area contributed by atoms with Crippen LogP contribution in [-0.2, 0) is 0 Å². The number of imidazole rings is 1. The quantitative estimate of drug-likeness (QED) is 0.388. The minimum absolute atomic E-state index is 0.0517. The lowest BCUT2D eigenvalue weighted by atomic mass is 9.93. The maximum Gasteiger partial charge on any atom is 0.267 e. The number of anilines is 1. The van der Waals surface area contributed by atoms with Gasteiger partial charge >= 0.3 is 0 Å². The summed E-state index contributed by atoms with van der Waals surface area (Å²) in [7, 11) is 0. The molecule has 3 heterocycles. The zero-order valence-electron chi connectivity index (χ0n) is 18.5. The summed E-state index contributed by atoms with van der Waals surface area (Å²) in [6.07, 6.45) is 4.29. The number of nitrogens with two attached hydrogens (primary N) is 2. The first-order valence-electron chi connectivity index (χ1n) is 10.3. The van der Waals surface area contributed by atoms with Crippen molar-refractivity contribution in [1.82, 2.24) is 19.4 Å². The summed E-state index contributed by atoms with van der Waals surface area (Å²) in [4.78, 5) is 24.0. The molecule has 34 heavy (non-hydrogen) atoms. The fraction of sp³-hybridized carbons (Fsp3) is 0.217. The highest BCUT2D eigenvalue weighted by Gasteiger charge is 2.28. The summed E-state index contributed by atoms with van der Waals surface area (Å²) in [6.45, 7) is 5.53. The summed E-state index contributed by atoms with van der Waals surface area (Å²) >= 11 is 12.7. The van der Waals surface area contributed by atoms with Crippen LogP contribution in [0.15, 0.2) is 36.8 Å². The van der Waals surface area contributed by atoms with Gasteiger partial charge in [-0.25, -0.2) is 14.4 Å². The molecule has 0 bridgehead atoms. The predicted molar refractivity (Wildman–Crippen MR) is 129 cm³/mol. The normalized spacial score (nSPS) is 12.3. The zero-order chi connectivity index (χ0) is 24.7. The lowest BCUT2D eigenvalue weighted by Crippen LogP contribution is -2.14. The van der Waals surface area contributed by atoms with Crippen molar-refractivity contribution in [3.05, 3.63) is 69.9 Å². The Kier molecular flexibility index (Phi) is 6.33. The van der Waals surface area contributed by atoms with E-state index < -0.39 is 17.6 Å². The molecule has 1 aromatic carbocycles. The van der Waals surface area contributed by atoms with Crippen LogP contribution in [0, 0.1) is 5.82 Å². The maximum atomic E-state index is 15.4. The summed E-state index contributed by atoms with van der Waals surface area (Å²) in [5.41, 5.74) is 12.9. The van der Waals surface area contributed by atoms with E-state index in [9.17, 15) is 4.79 Å². The third-order valence-corrected chi connectivity index (χ3v) is 5.82.